The molecule has 2 unspecified atom stereocenters. The Hall–Kier alpha value is -1.39. The Balaban J connectivity index is 2.01. The molecule has 0 aromatic heterocycles. The fraction of sp³-hybridized carbons (Fsp3) is 0.562. The number of nitrogens with one attached hydrogen (secondary N) is 2. The first-order chi connectivity index (χ1) is 9.61. The first kappa shape index (κ1) is 15.0. The normalized spacial score (nSPS) is 21.9. The number of carbonyl (C=O) groups is 1. The standard InChI is InChI=1S/C16H24N2O2/c1-4-7-17-15-10-20-9-13(15)16(19)18-14-8-11(2)5-6-12(14)3/h5-6,8,13,15,17H,4,7,9-10H2,1-3H3,(H,18,19). The predicted octanol–water partition coefficient (Wildman–Crippen LogP) is 2.26. The molecule has 1 fully saturated rings. The van der Waals surface area contributed by atoms with Gasteiger partial charge in [0.1, 0.15) is 0 Å². The van der Waals surface area contributed by atoms with Gasteiger partial charge in [-0.2, -0.15) is 0 Å². The SMILES string of the molecule is CCCNC1COCC1C(=O)Nc1cc(C)ccc1C. The highest BCUT2D eigenvalue weighted by Crippen LogP contribution is 2.20. The van der Waals surface area contributed by atoms with Crippen molar-refractivity contribution in [1.82, 2.24) is 5.32 Å². The van der Waals surface area contributed by atoms with Crippen LogP contribution in [0, 0.1) is 19.8 Å². The van der Waals surface area contributed by atoms with Crippen molar-refractivity contribution in [3.8, 4) is 0 Å². The molecule has 2 atom stereocenters. The maximum absolute atomic E-state index is 12.4. The molecule has 2 rings (SSSR count). The topological polar surface area (TPSA) is 50.4 Å². The van der Waals surface area contributed by atoms with E-state index >= 15 is 0 Å². The van der Waals surface area contributed by atoms with Crippen molar-refractivity contribution in [2.75, 3.05) is 25.1 Å². The lowest BCUT2D eigenvalue weighted by molar-refractivity contribution is -0.120. The molecule has 0 radical (unpaired) electrons. The molecule has 1 aliphatic rings. The third kappa shape index (κ3) is 3.58. The van der Waals surface area contributed by atoms with Gasteiger partial charge >= 0.3 is 0 Å². The van der Waals surface area contributed by atoms with Crippen LogP contribution in [-0.4, -0.2) is 31.7 Å². The van der Waals surface area contributed by atoms with Gasteiger partial charge in [0.2, 0.25) is 5.91 Å². The van der Waals surface area contributed by atoms with Crippen LogP contribution in [0.5, 0.6) is 0 Å². The quantitative estimate of drug-likeness (QED) is 0.867. The Morgan fingerprint density at radius 1 is 1.35 bits per heavy atom. The van der Waals surface area contributed by atoms with Gasteiger partial charge in [-0.15, -0.1) is 0 Å². The largest absolute Gasteiger partial charge is 0.379 e. The van der Waals surface area contributed by atoms with E-state index in [4.69, 9.17) is 4.74 Å². The summed E-state index contributed by atoms with van der Waals surface area (Å²) in [5.74, 6) is -0.0636. The lowest BCUT2D eigenvalue weighted by Gasteiger charge is -2.19. The summed E-state index contributed by atoms with van der Waals surface area (Å²) in [6.45, 7) is 8.19. The summed E-state index contributed by atoms with van der Waals surface area (Å²) in [5.41, 5.74) is 3.13. The van der Waals surface area contributed by atoms with Crippen LogP contribution in [0.15, 0.2) is 18.2 Å². The number of anilines is 1. The van der Waals surface area contributed by atoms with E-state index in [-0.39, 0.29) is 17.9 Å². The van der Waals surface area contributed by atoms with Crippen molar-refractivity contribution in [2.24, 2.45) is 5.92 Å². The van der Waals surface area contributed by atoms with Crippen LogP contribution in [0.25, 0.3) is 0 Å². The monoisotopic (exact) mass is 276 g/mol. The minimum absolute atomic E-state index is 0.0461. The van der Waals surface area contributed by atoms with Crippen molar-refractivity contribution in [3.05, 3.63) is 29.3 Å². The lowest BCUT2D eigenvalue weighted by Crippen LogP contribution is -2.41. The number of benzene rings is 1. The average molecular weight is 276 g/mol. The van der Waals surface area contributed by atoms with Gasteiger partial charge in [-0.05, 0) is 44.0 Å². The van der Waals surface area contributed by atoms with Crippen LogP contribution >= 0.6 is 0 Å². The molecule has 1 saturated heterocycles. The van der Waals surface area contributed by atoms with E-state index in [1.54, 1.807) is 0 Å². The summed E-state index contributed by atoms with van der Waals surface area (Å²) >= 11 is 0. The highest BCUT2D eigenvalue weighted by atomic mass is 16.5. The Labute approximate surface area is 120 Å². The van der Waals surface area contributed by atoms with Crippen molar-refractivity contribution in [2.45, 2.75) is 33.2 Å². The Morgan fingerprint density at radius 3 is 2.90 bits per heavy atom. The molecule has 110 valence electrons. The molecule has 4 heteroatoms. The number of carbonyl (C=O) groups excluding carboxylic acids is 1. The third-order valence-corrected chi connectivity index (χ3v) is 3.72. The van der Waals surface area contributed by atoms with Crippen LogP contribution in [0.1, 0.15) is 24.5 Å². The van der Waals surface area contributed by atoms with Crippen LogP contribution in [-0.2, 0) is 9.53 Å². The van der Waals surface area contributed by atoms with Gasteiger partial charge in [0, 0.05) is 11.7 Å². The van der Waals surface area contributed by atoms with E-state index in [1.807, 2.05) is 26.0 Å². The second kappa shape index (κ2) is 6.86. The molecule has 1 aromatic rings. The van der Waals surface area contributed by atoms with Gasteiger partial charge in [0.15, 0.2) is 0 Å². The van der Waals surface area contributed by atoms with E-state index in [2.05, 4.69) is 23.6 Å². The molecule has 1 aliphatic heterocycles. The van der Waals surface area contributed by atoms with Crippen molar-refractivity contribution >= 4 is 11.6 Å². The number of hydrogen-bond donors (Lipinski definition) is 2. The zero-order valence-corrected chi connectivity index (χ0v) is 12.5. The van der Waals surface area contributed by atoms with Gasteiger partial charge in [-0.3, -0.25) is 4.79 Å². The summed E-state index contributed by atoms with van der Waals surface area (Å²) < 4.78 is 5.46. The van der Waals surface area contributed by atoms with Crippen LogP contribution in [0.4, 0.5) is 5.69 Å². The van der Waals surface area contributed by atoms with Crippen molar-refractivity contribution < 1.29 is 9.53 Å². The third-order valence-electron chi connectivity index (χ3n) is 3.72. The highest BCUT2D eigenvalue weighted by molar-refractivity contribution is 5.94. The lowest BCUT2D eigenvalue weighted by atomic mass is 10.0. The van der Waals surface area contributed by atoms with E-state index in [1.165, 1.54) is 0 Å². The molecule has 2 N–H and O–H groups in total. The summed E-state index contributed by atoms with van der Waals surface area (Å²) in [4.78, 5) is 12.4. The molecule has 1 amide bonds. The molecule has 1 heterocycles. The number of ether oxygens (including phenoxy) is 1. The minimum atomic E-state index is -0.110. The van der Waals surface area contributed by atoms with Crippen molar-refractivity contribution in [3.63, 3.8) is 0 Å². The molecule has 0 bridgehead atoms. The first-order valence-electron chi connectivity index (χ1n) is 7.31. The number of rotatable bonds is 5. The van der Waals surface area contributed by atoms with E-state index in [0.29, 0.717) is 13.2 Å². The Kier molecular flexibility index (Phi) is 5.15. The Morgan fingerprint density at radius 2 is 2.15 bits per heavy atom. The maximum Gasteiger partial charge on any atom is 0.231 e. The number of hydrogen-bond acceptors (Lipinski definition) is 3. The second-order valence-electron chi connectivity index (χ2n) is 5.51. The summed E-state index contributed by atoms with van der Waals surface area (Å²) in [6.07, 6.45) is 1.06. The molecule has 1 aromatic carbocycles. The van der Waals surface area contributed by atoms with Crippen LogP contribution in [0.2, 0.25) is 0 Å². The van der Waals surface area contributed by atoms with Crippen LogP contribution < -0.4 is 10.6 Å². The number of amides is 1. The minimum Gasteiger partial charge on any atom is -0.379 e. The van der Waals surface area contributed by atoms with Gasteiger partial charge in [0.05, 0.1) is 19.1 Å². The van der Waals surface area contributed by atoms with Crippen molar-refractivity contribution in [1.29, 1.82) is 0 Å². The highest BCUT2D eigenvalue weighted by Gasteiger charge is 2.33. The van der Waals surface area contributed by atoms with E-state index < -0.39 is 0 Å². The zero-order valence-electron chi connectivity index (χ0n) is 12.5. The summed E-state index contributed by atoms with van der Waals surface area (Å²) in [7, 11) is 0. The van der Waals surface area contributed by atoms with Gasteiger partial charge in [-0.25, -0.2) is 0 Å². The molecular formula is C16H24N2O2. The average Bonchev–Trinajstić information content (AvgIpc) is 2.89. The fourth-order valence-corrected chi connectivity index (χ4v) is 2.44. The summed E-state index contributed by atoms with van der Waals surface area (Å²) in [6, 6.07) is 6.22. The molecule has 0 saturated carbocycles. The molecule has 20 heavy (non-hydrogen) atoms. The molecule has 4 nitrogen and oxygen atoms in total. The first-order valence-corrected chi connectivity index (χ1v) is 7.31. The molecular weight excluding hydrogens is 252 g/mol. The molecule has 0 aliphatic carbocycles. The number of aryl methyl sites for hydroxylation is 2. The zero-order chi connectivity index (χ0) is 14.5. The molecule has 0 spiro atoms. The van der Waals surface area contributed by atoms with Crippen LogP contribution in [0.3, 0.4) is 0 Å². The maximum atomic E-state index is 12.4. The van der Waals surface area contributed by atoms with E-state index in [9.17, 15) is 4.79 Å². The van der Waals surface area contributed by atoms with Gasteiger partial charge in [0.25, 0.3) is 0 Å². The predicted molar refractivity (Wildman–Crippen MR) is 80.9 cm³/mol. The fourth-order valence-electron chi connectivity index (χ4n) is 2.44. The van der Waals surface area contributed by atoms with Gasteiger partial charge in [-0.1, -0.05) is 19.1 Å². The van der Waals surface area contributed by atoms with Gasteiger partial charge < -0.3 is 15.4 Å². The summed E-state index contributed by atoms with van der Waals surface area (Å²) in [5, 5.41) is 6.43. The Bertz CT molecular complexity index is 474. The van der Waals surface area contributed by atoms with E-state index in [0.717, 1.165) is 29.8 Å². The second-order valence-corrected chi connectivity index (χ2v) is 5.51. The smallest absolute Gasteiger partial charge is 0.231 e.